The van der Waals surface area contributed by atoms with E-state index >= 15 is 0 Å². The number of hydrogen-bond donors (Lipinski definition) is 0. The lowest BCUT2D eigenvalue weighted by Crippen LogP contribution is -2.54. The Morgan fingerprint density at radius 1 is 0.509 bits per heavy atom. The van der Waals surface area contributed by atoms with Crippen molar-refractivity contribution in [3.8, 4) is 0 Å². The van der Waals surface area contributed by atoms with Crippen molar-refractivity contribution in [1.82, 2.24) is 0 Å². The monoisotopic (exact) mass is 829 g/mol. The minimum absolute atomic E-state index is 0.00336. The number of halogens is 1. The van der Waals surface area contributed by atoms with Crippen molar-refractivity contribution in [3.05, 3.63) is 0 Å². The SMILES string of the molecule is CC.CC(C)OC[C@H]1OC[C@@H](C)[C@H](F)[C@@H]1OC(C)C.COCCO[C@@H]1[C@H](OC(C)C)[C@@H](COC(C)C)O[C@H]1C.CO[C@@H]1[C@H](OC(C)C)[C@@H](COC(C)C)OC[C@H]1C. The molecule has 3 aliphatic rings. The predicted octanol–water partition coefficient (Wildman–Crippen LogP) is 7.88. The van der Waals surface area contributed by atoms with Gasteiger partial charge in [0, 0.05) is 26.1 Å². The van der Waals surface area contributed by atoms with Gasteiger partial charge in [-0.15, -0.1) is 0 Å². The highest BCUT2D eigenvalue weighted by molar-refractivity contribution is 4.92. The first-order chi connectivity index (χ1) is 26.8. The summed E-state index contributed by atoms with van der Waals surface area (Å²) in [4.78, 5) is 0. The van der Waals surface area contributed by atoms with Gasteiger partial charge in [-0.3, -0.25) is 0 Å². The Bertz CT molecular complexity index is 941. The fraction of sp³-hybridized carbons (Fsp3) is 1.00. The first kappa shape index (κ1) is 56.5. The second-order valence-corrected chi connectivity index (χ2v) is 16.6. The highest BCUT2D eigenvalue weighted by Gasteiger charge is 2.45. The zero-order valence-electron chi connectivity index (χ0n) is 39.6. The smallest absolute Gasteiger partial charge is 0.134 e. The van der Waals surface area contributed by atoms with Crippen LogP contribution in [0.4, 0.5) is 4.39 Å². The molecule has 0 bridgehead atoms. The molecule has 0 aliphatic carbocycles. The molecule has 0 amide bonds. The lowest BCUT2D eigenvalue weighted by molar-refractivity contribution is -0.215. The van der Waals surface area contributed by atoms with Crippen molar-refractivity contribution < 1.29 is 61.2 Å². The van der Waals surface area contributed by atoms with Crippen molar-refractivity contribution in [2.24, 2.45) is 11.8 Å². The summed E-state index contributed by atoms with van der Waals surface area (Å²) in [7, 11) is 3.41. The van der Waals surface area contributed by atoms with Crippen LogP contribution in [0, 0.1) is 11.8 Å². The van der Waals surface area contributed by atoms with Crippen molar-refractivity contribution in [1.29, 1.82) is 0 Å². The topological polar surface area (TPSA) is 111 Å². The van der Waals surface area contributed by atoms with E-state index in [0.29, 0.717) is 52.2 Å². The first-order valence-electron chi connectivity index (χ1n) is 21.8. The van der Waals surface area contributed by atoms with Crippen LogP contribution in [-0.2, 0) is 56.8 Å². The largest absolute Gasteiger partial charge is 0.382 e. The van der Waals surface area contributed by atoms with E-state index in [1.165, 1.54) is 0 Å². The van der Waals surface area contributed by atoms with Crippen LogP contribution in [0.2, 0.25) is 0 Å². The van der Waals surface area contributed by atoms with E-state index in [2.05, 4.69) is 6.92 Å². The van der Waals surface area contributed by atoms with Crippen LogP contribution in [0.1, 0.15) is 118 Å². The van der Waals surface area contributed by atoms with E-state index in [9.17, 15) is 4.39 Å². The number of ether oxygens (including phenoxy) is 12. The predicted molar refractivity (Wildman–Crippen MR) is 224 cm³/mol. The molecule has 0 aromatic carbocycles. The van der Waals surface area contributed by atoms with Gasteiger partial charge < -0.3 is 56.8 Å². The molecule has 0 radical (unpaired) electrons. The van der Waals surface area contributed by atoms with Gasteiger partial charge in [0.05, 0.1) is 95.1 Å². The molecule has 0 spiro atoms. The Balaban J connectivity index is 0.000000809. The number of alkyl halides is 1. The summed E-state index contributed by atoms with van der Waals surface area (Å²) in [5.74, 6) is 0.225. The highest BCUT2D eigenvalue weighted by Crippen LogP contribution is 2.29. The zero-order valence-corrected chi connectivity index (χ0v) is 39.6. The molecule has 3 saturated heterocycles. The fourth-order valence-electron chi connectivity index (χ4n) is 6.48. The van der Waals surface area contributed by atoms with E-state index in [-0.39, 0.29) is 91.4 Å². The van der Waals surface area contributed by atoms with Gasteiger partial charge in [-0.2, -0.15) is 0 Å². The third kappa shape index (κ3) is 22.7. The summed E-state index contributed by atoms with van der Waals surface area (Å²) in [5, 5.41) is 0. The summed E-state index contributed by atoms with van der Waals surface area (Å²) in [6, 6.07) is 0. The van der Waals surface area contributed by atoms with E-state index in [0.717, 1.165) is 0 Å². The van der Waals surface area contributed by atoms with Gasteiger partial charge in [-0.1, -0.05) is 27.7 Å². The lowest BCUT2D eigenvalue weighted by atomic mass is 9.93. The molecule has 0 saturated carbocycles. The van der Waals surface area contributed by atoms with Crippen molar-refractivity contribution in [2.45, 2.75) is 215 Å². The van der Waals surface area contributed by atoms with E-state index in [1.54, 1.807) is 14.2 Å². The molecule has 0 N–H and O–H groups in total. The maximum absolute atomic E-state index is 14.1. The highest BCUT2D eigenvalue weighted by atomic mass is 19.1. The normalized spacial score (nSPS) is 31.7. The number of methoxy groups -OCH3 is 2. The van der Waals surface area contributed by atoms with Crippen molar-refractivity contribution >= 4 is 0 Å². The molecule has 3 aliphatic heterocycles. The second kappa shape index (κ2) is 31.3. The molecule has 12 atom stereocenters. The Morgan fingerprint density at radius 3 is 1.33 bits per heavy atom. The molecule has 0 aromatic heterocycles. The van der Waals surface area contributed by atoms with E-state index in [1.807, 2.05) is 111 Å². The van der Waals surface area contributed by atoms with Crippen LogP contribution in [0.15, 0.2) is 0 Å². The fourth-order valence-corrected chi connectivity index (χ4v) is 6.48. The Labute approximate surface area is 348 Å². The molecule has 3 fully saturated rings. The molecule has 0 aromatic rings. The maximum atomic E-state index is 14.1. The van der Waals surface area contributed by atoms with Crippen molar-refractivity contribution in [3.63, 3.8) is 0 Å². The first-order valence-corrected chi connectivity index (χ1v) is 21.8. The zero-order chi connectivity index (χ0) is 43.8. The number of rotatable bonds is 20. The molecular formula is C44H89FO12. The quantitative estimate of drug-likeness (QED) is 0.111. The third-order valence-electron chi connectivity index (χ3n) is 9.10. The third-order valence-corrected chi connectivity index (χ3v) is 9.10. The Kier molecular flexibility index (Phi) is 31.0. The molecule has 12 nitrogen and oxygen atoms in total. The van der Waals surface area contributed by atoms with Gasteiger partial charge in [-0.05, 0) is 90.0 Å². The van der Waals surface area contributed by atoms with E-state index in [4.69, 9.17) is 56.8 Å². The summed E-state index contributed by atoms with van der Waals surface area (Å²) >= 11 is 0. The van der Waals surface area contributed by atoms with Gasteiger partial charge >= 0.3 is 0 Å². The molecule has 13 heteroatoms. The standard InChI is InChI=1S/C15H30O5.C14H28O4.C13H25FO3.C2H6/c1-10(2)18-9-13-15(19-11(3)4)14(12(5)20-13)17-8-7-16-6;1-9(2)16-8-12-14(18-10(3)4)13(15-6)11(5)7-17-12;1-8(2)15-7-11-13(17-9(3)4)12(14)10(5)6-16-11;1-2/h10-15H,7-9H2,1-6H3;9-14H,7-8H2,1-6H3;8-13H,6-7H2,1-5H3;1-2H3/t12-,13+,14-,15+;11-,12-,13+,14-;10-,11-,12+,13-;/m011./s1. The molecule has 57 heavy (non-hydrogen) atoms. The Hall–Kier alpha value is -0.550. The minimum atomic E-state index is -0.980. The summed E-state index contributed by atoms with van der Waals surface area (Å²) in [6.45, 7) is 37.7. The van der Waals surface area contributed by atoms with Crippen LogP contribution in [0.5, 0.6) is 0 Å². The van der Waals surface area contributed by atoms with Crippen LogP contribution < -0.4 is 0 Å². The van der Waals surface area contributed by atoms with Crippen LogP contribution in [0.25, 0.3) is 0 Å². The van der Waals surface area contributed by atoms with Crippen LogP contribution in [-0.4, -0.2) is 158 Å². The number of hydrogen-bond acceptors (Lipinski definition) is 12. The van der Waals surface area contributed by atoms with Gasteiger partial charge in [0.25, 0.3) is 0 Å². The molecule has 3 rings (SSSR count). The van der Waals surface area contributed by atoms with Gasteiger partial charge in [0.15, 0.2) is 0 Å². The molecular weight excluding hydrogens is 739 g/mol. The summed E-state index contributed by atoms with van der Waals surface area (Å²) in [5.41, 5.74) is 0. The molecule has 344 valence electrons. The Morgan fingerprint density at radius 2 is 0.912 bits per heavy atom. The second-order valence-electron chi connectivity index (χ2n) is 16.6. The summed E-state index contributed by atoms with van der Waals surface area (Å²) < 4.78 is 82.5. The van der Waals surface area contributed by atoms with Gasteiger partial charge in [0.1, 0.15) is 48.9 Å². The minimum Gasteiger partial charge on any atom is -0.382 e. The van der Waals surface area contributed by atoms with E-state index < -0.39 is 12.3 Å². The lowest BCUT2D eigenvalue weighted by Gasteiger charge is -2.41. The molecule has 0 unspecified atom stereocenters. The summed E-state index contributed by atoms with van der Waals surface area (Å²) in [6.07, 6.45) is -1.30. The average Bonchev–Trinajstić information content (AvgIpc) is 3.42. The van der Waals surface area contributed by atoms with Crippen molar-refractivity contribution in [2.75, 3.05) is 60.5 Å². The maximum Gasteiger partial charge on any atom is 0.134 e. The van der Waals surface area contributed by atoms with Crippen LogP contribution >= 0.6 is 0 Å². The van der Waals surface area contributed by atoms with Crippen LogP contribution in [0.3, 0.4) is 0 Å². The average molecular weight is 829 g/mol. The molecule has 3 heterocycles. The van der Waals surface area contributed by atoms with Gasteiger partial charge in [0.2, 0.25) is 0 Å². The van der Waals surface area contributed by atoms with Gasteiger partial charge in [-0.25, -0.2) is 4.39 Å².